The number of hydrogen-bond donors (Lipinski definition) is 3. The lowest BCUT2D eigenvalue weighted by atomic mass is 9.92. The summed E-state index contributed by atoms with van der Waals surface area (Å²) in [6.07, 6.45) is 3.51. The van der Waals surface area contributed by atoms with Crippen LogP contribution in [0.5, 0.6) is 0 Å². The number of ketones is 1. The number of aromatic nitrogens is 1. The van der Waals surface area contributed by atoms with E-state index in [0.717, 1.165) is 24.8 Å². The fraction of sp³-hybridized carbons (Fsp3) is 0.424. The molecule has 43 heavy (non-hydrogen) atoms. The van der Waals surface area contributed by atoms with Crippen LogP contribution in [0.3, 0.4) is 0 Å². The van der Waals surface area contributed by atoms with Crippen LogP contribution in [-0.4, -0.2) is 65.2 Å². The van der Waals surface area contributed by atoms with Crippen LogP contribution in [0.15, 0.2) is 54.6 Å². The molecule has 3 aliphatic rings. The van der Waals surface area contributed by atoms with Crippen LogP contribution >= 0.6 is 0 Å². The predicted molar refractivity (Wildman–Crippen MR) is 157 cm³/mol. The lowest BCUT2D eigenvalue weighted by Gasteiger charge is -2.29. The van der Waals surface area contributed by atoms with Crippen LogP contribution in [0.25, 0.3) is 10.9 Å². The Bertz CT molecular complexity index is 1580. The van der Waals surface area contributed by atoms with E-state index in [4.69, 9.17) is 4.74 Å². The number of hydrogen-bond acceptors (Lipinski definition) is 6. The van der Waals surface area contributed by atoms with Crippen molar-refractivity contribution in [2.45, 2.75) is 50.8 Å². The van der Waals surface area contributed by atoms with Gasteiger partial charge in [-0.1, -0.05) is 42.8 Å². The van der Waals surface area contributed by atoms with Crippen molar-refractivity contribution in [3.63, 3.8) is 0 Å². The Morgan fingerprint density at radius 3 is 2.70 bits per heavy atom. The van der Waals surface area contributed by atoms with Crippen LogP contribution in [0, 0.1) is 29.1 Å². The van der Waals surface area contributed by atoms with E-state index < -0.39 is 12.1 Å². The van der Waals surface area contributed by atoms with Crippen molar-refractivity contribution in [2.75, 3.05) is 19.7 Å². The number of nitrogens with zero attached hydrogens (tertiary/aromatic N) is 2. The minimum atomic E-state index is -0.916. The highest BCUT2D eigenvalue weighted by Gasteiger charge is 2.50. The van der Waals surface area contributed by atoms with Crippen molar-refractivity contribution in [1.82, 2.24) is 20.5 Å². The molecule has 3 aromatic rings. The lowest BCUT2D eigenvalue weighted by Crippen LogP contribution is -2.53. The molecule has 3 amide bonds. The Hall–Kier alpha value is -4.49. The van der Waals surface area contributed by atoms with Gasteiger partial charge in [0.2, 0.25) is 11.8 Å². The first-order valence-corrected chi connectivity index (χ1v) is 15.0. The number of carbonyl (C=O) groups is 4. The third kappa shape index (κ3) is 5.90. The van der Waals surface area contributed by atoms with Crippen molar-refractivity contribution in [1.29, 1.82) is 5.26 Å². The number of Topliss-reactive ketones (excluding diaryl/α,β-unsaturated/α-hetero) is 1. The summed E-state index contributed by atoms with van der Waals surface area (Å²) in [6.45, 7) is 1.04. The molecule has 222 valence electrons. The first-order chi connectivity index (χ1) is 20.9. The molecule has 10 nitrogen and oxygen atoms in total. The predicted octanol–water partition coefficient (Wildman–Crippen LogP) is 3.08. The number of nitrogens with one attached hydrogen (secondary N) is 3. The first-order valence-electron chi connectivity index (χ1n) is 15.0. The molecule has 2 aromatic carbocycles. The van der Waals surface area contributed by atoms with Crippen molar-refractivity contribution in [2.24, 2.45) is 17.8 Å². The molecule has 1 saturated carbocycles. The summed E-state index contributed by atoms with van der Waals surface area (Å²) in [5, 5.41) is 15.9. The van der Waals surface area contributed by atoms with Crippen molar-refractivity contribution < 1.29 is 23.9 Å². The molecule has 5 atom stereocenters. The topological polar surface area (TPSA) is 144 Å². The van der Waals surface area contributed by atoms with E-state index in [0.29, 0.717) is 41.7 Å². The zero-order valence-electron chi connectivity index (χ0n) is 23.9. The Kier molecular flexibility index (Phi) is 8.25. The molecule has 2 aliphatic heterocycles. The highest BCUT2D eigenvalue weighted by atomic mass is 16.5. The van der Waals surface area contributed by atoms with Crippen molar-refractivity contribution >= 4 is 34.4 Å². The van der Waals surface area contributed by atoms with Gasteiger partial charge in [-0.15, -0.1) is 0 Å². The molecule has 2 saturated heterocycles. The number of carbonyl (C=O) groups excluding carboxylic acids is 4. The number of aromatic amines is 1. The zero-order valence-corrected chi connectivity index (χ0v) is 23.9. The number of fused-ring (bicyclic) bond motifs is 2. The Labute approximate surface area is 249 Å². The molecule has 3 fully saturated rings. The van der Waals surface area contributed by atoms with E-state index in [1.54, 1.807) is 23.1 Å². The Balaban J connectivity index is 1.21. The van der Waals surface area contributed by atoms with Gasteiger partial charge >= 0.3 is 0 Å². The van der Waals surface area contributed by atoms with Gasteiger partial charge in [0.1, 0.15) is 18.3 Å². The Morgan fingerprint density at radius 1 is 1.09 bits per heavy atom. The van der Waals surface area contributed by atoms with Gasteiger partial charge in [0.25, 0.3) is 5.91 Å². The molecule has 3 heterocycles. The number of rotatable bonds is 10. The standard InChI is InChI=1S/C33H35N5O5/c34-16-22-8-5-11-26-25(22)15-28(36-26)33(42)38-17-23-9-4-10-24(23)30(38)32(41)37-27(14-21-12-13-35-31(21)40)29(39)19-43-18-20-6-2-1-3-7-20/h1-3,5-8,11,15,21,23-24,27,30,36H,4,9-10,12-14,17-19H2,(H,35,40)(H,37,41). The van der Waals surface area contributed by atoms with Crippen LogP contribution in [0.4, 0.5) is 0 Å². The zero-order chi connectivity index (χ0) is 29.9. The maximum Gasteiger partial charge on any atom is 0.271 e. The highest BCUT2D eigenvalue weighted by Crippen LogP contribution is 2.43. The normalized spacial score (nSPS) is 23.5. The van der Waals surface area contributed by atoms with Gasteiger partial charge in [-0.05, 0) is 61.3 Å². The maximum absolute atomic E-state index is 14.0. The number of amides is 3. The highest BCUT2D eigenvalue weighted by molar-refractivity contribution is 6.02. The summed E-state index contributed by atoms with van der Waals surface area (Å²) in [4.78, 5) is 58.5. The van der Waals surface area contributed by atoms with Gasteiger partial charge in [0, 0.05) is 29.9 Å². The van der Waals surface area contributed by atoms with Crippen LogP contribution in [0.1, 0.15) is 53.7 Å². The minimum Gasteiger partial charge on any atom is -0.369 e. The molecule has 0 radical (unpaired) electrons. The summed E-state index contributed by atoms with van der Waals surface area (Å²) in [7, 11) is 0. The van der Waals surface area contributed by atoms with Crippen molar-refractivity contribution in [3.05, 3.63) is 71.4 Å². The number of H-pyrrole nitrogens is 1. The van der Waals surface area contributed by atoms with E-state index in [9.17, 15) is 24.4 Å². The second-order valence-corrected chi connectivity index (χ2v) is 11.8. The second-order valence-electron chi connectivity index (χ2n) is 11.8. The van der Waals surface area contributed by atoms with Gasteiger partial charge in [0.15, 0.2) is 5.78 Å². The largest absolute Gasteiger partial charge is 0.369 e. The Morgan fingerprint density at radius 2 is 1.93 bits per heavy atom. The third-order valence-corrected chi connectivity index (χ3v) is 9.18. The third-order valence-electron chi connectivity index (χ3n) is 9.18. The first kappa shape index (κ1) is 28.6. The molecular weight excluding hydrogens is 546 g/mol. The quantitative estimate of drug-likeness (QED) is 0.336. The van der Waals surface area contributed by atoms with Crippen LogP contribution < -0.4 is 10.6 Å². The number of nitriles is 1. The number of benzene rings is 2. The maximum atomic E-state index is 14.0. The molecule has 3 N–H and O–H groups in total. The smallest absolute Gasteiger partial charge is 0.271 e. The van der Waals surface area contributed by atoms with E-state index in [2.05, 4.69) is 21.7 Å². The minimum absolute atomic E-state index is 0.0112. The molecule has 1 aromatic heterocycles. The van der Waals surface area contributed by atoms with E-state index >= 15 is 0 Å². The van der Waals surface area contributed by atoms with Gasteiger partial charge in [0.05, 0.1) is 24.3 Å². The van der Waals surface area contributed by atoms with Gasteiger partial charge < -0.3 is 25.3 Å². The van der Waals surface area contributed by atoms with Gasteiger partial charge in [-0.3, -0.25) is 19.2 Å². The molecule has 5 unspecified atom stereocenters. The summed E-state index contributed by atoms with van der Waals surface area (Å²) in [5.74, 6) is -1.31. The van der Waals surface area contributed by atoms with E-state index in [1.165, 1.54) is 0 Å². The molecule has 6 rings (SSSR count). The molecule has 10 heteroatoms. The molecule has 1 aliphatic carbocycles. The number of ether oxygens (including phenoxy) is 1. The molecule has 0 bridgehead atoms. The van der Waals surface area contributed by atoms with Gasteiger partial charge in [-0.25, -0.2) is 0 Å². The average molecular weight is 582 g/mol. The lowest BCUT2D eigenvalue weighted by molar-refractivity contribution is -0.134. The molecular formula is C33H35N5O5. The summed E-state index contributed by atoms with van der Waals surface area (Å²) in [6, 6.07) is 17.0. The fourth-order valence-electron chi connectivity index (χ4n) is 7.00. The summed E-state index contributed by atoms with van der Waals surface area (Å²) < 4.78 is 5.70. The number of likely N-dealkylation sites (tertiary alicyclic amines) is 1. The van der Waals surface area contributed by atoms with Crippen LogP contribution in [0.2, 0.25) is 0 Å². The monoisotopic (exact) mass is 581 g/mol. The summed E-state index contributed by atoms with van der Waals surface area (Å²) in [5.41, 5.74) is 2.39. The second kappa shape index (κ2) is 12.4. The fourth-order valence-corrected chi connectivity index (χ4v) is 7.00. The summed E-state index contributed by atoms with van der Waals surface area (Å²) >= 11 is 0. The van der Waals surface area contributed by atoms with Crippen molar-refractivity contribution in [3.8, 4) is 6.07 Å². The molecule has 0 spiro atoms. The average Bonchev–Trinajstić information content (AvgIpc) is 3.81. The SMILES string of the molecule is N#Cc1cccc2[nH]c(C(=O)N3CC4CCCC4C3C(=O)NC(CC3CCNC3=O)C(=O)COCc3ccccc3)cc12. The van der Waals surface area contributed by atoms with E-state index in [-0.39, 0.29) is 60.9 Å². The van der Waals surface area contributed by atoms with Gasteiger partial charge in [-0.2, -0.15) is 5.26 Å². The van der Waals surface area contributed by atoms with E-state index in [1.807, 2.05) is 36.4 Å². The van der Waals surface area contributed by atoms with Crippen LogP contribution in [-0.2, 0) is 25.7 Å².